The highest BCUT2D eigenvalue weighted by atomic mass is 35.5. The molecule has 0 aliphatic carbocycles. The number of rotatable bonds is 11. The number of nitrogens with one attached hydrogen (secondary N) is 1. The number of thioether (sulfide) groups is 1. The lowest BCUT2D eigenvalue weighted by Gasteiger charge is -2.13. The minimum absolute atomic E-state index is 0.0334. The molecule has 1 heterocycles. The molecule has 0 bridgehead atoms. The Balaban J connectivity index is 1.72. The molecule has 9 nitrogen and oxygen atoms in total. The Hall–Kier alpha value is -3.76. The van der Waals surface area contributed by atoms with Crippen molar-refractivity contribution < 1.29 is 33.8 Å². The van der Waals surface area contributed by atoms with Crippen LogP contribution in [0.3, 0.4) is 0 Å². The van der Waals surface area contributed by atoms with E-state index in [0.29, 0.717) is 35.7 Å². The third-order valence-electron chi connectivity index (χ3n) is 5.43. The average Bonchev–Trinajstić information content (AvgIpc) is 3.14. The van der Waals surface area contributed by atoms with Crippen LogP contribution < -0.4 is 10.1 Å². The highest BCUT2D eigenvalue weighted by molar-refractivity contribution is 8.18. The minimum atomic E-state index is -0.638. The van der Waals surface area contributed by atoms with Crippen molar-refractivity contribution in [1.29, 1.82) is 0 Å². The number of phenols is 1. The van der Waals surface area contributed by atoms with Crippen molar-refractivity contribution in [2.45, 2.75) is 26.2 Å². The van der Waals surface area contributed by atoms with E-state index < -0.39 is 29.6 Å². The van der Waals surface area contributed by atoms with Crippen LogP contribution in [-0.2, 0) is 20.7 Å². The van der Waals surface area contributed by atoms with Crippen molar-refractivity contribution in [3.05, 3.63) is 69.6 Å². The Labute approximate surface area is 229 Å². The zero-order valence-corrected chi connectivity index (χ0v) is 22.5. The third kappa shape index (κ3) is 6.96. The van der Waals surface area contributed by atoms with Crippen LogP contribution in [0.25, 0.3) is 6.08 Å². The number of nitrogens with zero attached hydrogens (tertiary/aromatic N) is 1. The van der Waals surface area contributed by atoms with Crippen LogP contribution in [0, 0.1) is 0 Å². The van der Waals surface area contributed by atoms with E-state index in [0.717, 1.165) is 11.3 Å². The Morgan fingerprint density at radius 2 is 2.00 bits per heavy atom. The number of methoxy groups -OCH3 is 1. The van der Waals surface area contributed by atoms with Gasteiger partial charge in [-0.15, -0.1) is 6.58 Å². The maximum Gasteiger partial charge on any atom is 0.339 e. The number of esters is 1. The van der Waals surface area contributed by atoms with Gasteiger partial charge >= 0.3 is 5.97 Å². The summed E-state index contributed by atoms with van der Waals surface area (Å²) in [5.74, 6) is -1.71. The lowest BCUT2D eigenvalue weighted by atomic mass is 10.1. The van der Waals surface area contributed by atoms with Gasteiger partial charge in [0.05, 0.1) is 29.2 Å². The topological polar surface area (TPSA) is 122 Å². The number of amides is 3. The summed E-state index contributed by atoms with van der Waals surface area (Å²) in [5, 5.41) is 12.4. The predicted octanol–water partition coefficient (Wildman–Crippen LogP) is 5.41. The quantitative estimate of drug-likeness (QED) is 0.162. The van der Waals surface area contributed by atoms with Crippen molar-refractivity contribution in [3.63, 3.8) is 0 Å². The second-order valence-electron chi connectivity index (χ2n) is 8.22. The summed E-state index contributed by atoms with van der Waals surface area (Å²) in [5.41, 5.74) is 1.43. The molecule has 0 aromatic heterocycles. The highest BCUT2D eigenvalue weighted by Crippen LogP contribution is 2.36. The molecule has 2 N–H and O–H groups in total. The van der Waals surface area contributed by atoms with E-state index in [-0.39, 0.29) is 39.3 Å². The second kappa shape index (κ2) is 13.2. The average molecular weight is 559 g/mol. The van der Waals surface area contributed by atoms with Gasteiger partial charge in [-0.1, -0.05) is 31.0 Å². The molecule has 200 valence electrons. The number of imide groups is 1. The van der Waals surface area contributed by atoms with E-state index in [1.54, 1.807) is 12.1 Å². The van der Waals surface area contributed by atoms with Gasteiger partial charge in [-0.2, -0.15) is 0 Å². The lowest BCUT2D eigenvalue weighted by Crippen LogP contribution is -2.36. The number of aromatic hydroxyl groups is 1. The molecule has 0 saturated carbocycles. The number of carbonyl (C=O) groups excluding carboxylic acids is 4. The highest BCUT2D eigenvalue weighted by Gasteiger charge is 2.36. The Morgan fingerprint density at radius 3 is 2.68 bits per heavy atom. The van der Waals surface area contributed by atoms with Gasteiger partial charge in [-0.3, -0.25) is 19.3 Å². The molecule has 11 heteroatoms. The van der Waals surface area contributed by atoms with Crippen LogP contribution in [0.15, 0.2) is 47.9 Å². The van der Waals surface area contributed by atoms with Crippen LogP contribution in [0.4, 0.5) is 10.5 Å². The van der Waals surface area contributed by atoms with Crippen LogP contribution in [0.5, 0.6) is 11.5 Å². The zero-order chi connectivity index (χ0) is 27.8. The monoisotopic (exact) mass is 558 g/mol. The van der Waals surface area contributed by atoms with Crippen LogP contribution in [0.2, 0.25) is 5.02 Å². The number of anilines is 1. The molecular formula is C27H27ClN2O7S. The number of hydrogen-bond acceptors (Lipinski definition) is 8. The first-order valence-electron chi connectivity index (χ1n) is 11.7. The molecule has 1 aliphatic heterocycles. The van der Waals surface area contributed by atoms with Crippen molar-refractivity contribution in [2.75, 3.05) is 25.6 Å². The summed E-state index contributed by atoms with van der Waals surface area (Å²) in [6.07, 6.45) is 5.05. The van der Waals surface area contributed by atoms with Crippen molar-refractivity contribution in [3.8, 4) is 11.5 Å². The summed E-state index contributed by atoms with van der Waals surface area (Å²) in [6.45, 7) is 5.36. The Bertz CT molecular complexity index is 1310. The largest absolute Gasteiger partial charge is 0.504 e. The zero-order valence-electron chi connectivity index (χ0n) is 20.9. The Morgan fingerprint density at radius 1 is 1.24 bits per heavy atom. The molecule has 1 saturated heterocycles. The molecule has 0 atom stereocenters. The van der Waals surface area contributed by atoms with Crippen molar-refractivity contribution >= 4 is 58.1 Å². The van der Waals surface area contributed by atoms with Crippen LogP contribution in [0.1, 0.15) is 41.3 Å². The predicted molar refractivity (Wildman–Crippen MR) is 147 cm³/mol. The summed E-state index contributed by atoms with van der Waals surface area (Å²) < 4.78 is 10.4. The first-order valence-corrected chi connectivity index (χ1v) is 12.9. The third-order valence-corrected chi connectivity index (χ3v) is 6.67. The number of phenolic OH excluding ortho intramolecular Hbond substituents is 1. The van der Waals surface area contributed by atoms with Gasteiger partial charge in [0.1, 0.15) is 6.54 Å². The van der Waals surface area contributed by atoms with E-state index in [1.165, 1.54) is 37.5 Å². The maximum atomic E-state index is 12.9. The van der Waals surface area contributed by atoms with Gasteiger partial charge in [0.25, 0.3) is 11.1 Å². The van der Waals surface area contributed by atoms with Crippen molar-refractivity contribution in [1.82, 2.24) is 4.90 Å². The van der Waals surface area contributed by atoms with E-state index in [1.807, 2.05) is 6.92 Å². The summed E-state index contributed by atoms with van der Waals surface area (Å²) in [6, 6.07) is 7.51. The van der Waals surface area contributed by atoms with Crippen molar-refractivity contribution in [2.24, 2.45) is 0 Å². The number of carbonyl (C=O) groups is 4. The van der Waals surface area contributed by atoms with E-state index in [4.69, 9.17) is 21.1 Å². The van der Waals surface area contributed by atoms with Gasteiger partial charge in [0, 0.05) is 11.3 Å². The molecule has 0 radical (unpaired) electrons. The summed E-state index contributed by atoms with van der Waals surface area (Å²) in [7, 11) is 1.40. The maximum absolute atomic E-state index is 12.9. The van der Waals surface area contributed by atoms with Crippen LogP contribution >= 0.6 is 23.4 Å². The Kier molecular flexibility index (Phi) is 9.98. The fourth-order valence-electron chi connectivity index (χ4n) is 3.52. The van der Waals surface area contributed by atoms with Gasteiger partial charge in [-0.25, -0.2) is 4.79 Å². The second-order valence-corrected chi connectivity index (χ2v) is 9.62. The summed E-state index contributed by atoms with van der Waals surface area (Å²) >= 11 is 6.80. The molecular weight excluding hydrogens is 532 g/mol. The van der Waals surface area contributed by atoms with Gasteiger partial charge < -0.3 is 19.9 Å². The number of ether oxygens (including phenoxy) is 2. The molecule has 0 spiro atoms. The van der Waals surface area contributed by atoms with Gasteiger partial charge in [-0.05, 0) is 66.6 Å². The number of hydrogen-bond donors (Lipinski definition) is 2. The molecule has 1 aliphatic rings. The molecule has 3 rings (SSSR count). The minimum Gasteiger partial charge on any atom is -0.504 e. The number of allylic oxidation sites excluding steroid dienone is 1. The fraction of sp³-hybridized carbons (Fsp3) is 0.259. The standard InChI is InChI=1S/C27H27ClN2O7S/c1-4-6-10-37-26(34)19-14-18(8-9-20(19)28)29-23(31)15-30-25(33)22(38-27(30)35)13-16-11-17(7-5-2)24(32)21(12-16)36-3/h5,8-9,11-14,32H,2,4,6-7,10,15H2,1,3H3,(H,29,31)/b22-13-. The number of unbranched alkanes of at least 4 members (excludes halogenated alkanes) is 1. The molecule has 1 fully saturated rings. The van der Waals surface area contributed by atoms with E-state index in [2.05, 4.69) is 11.9 Å². The lowest BCUT2D eigenvalue weighted by molar-refractivity contribution is -0.127. The molecule has 38 heavy (non-hydrogen) atoms. The van der Waals surface area contributed by atoms with Crippen LogP contribution in [-0.4, -0.2) is 53.3 Å². The molecule has 2 aromatic carbocycles. The first-order chi connectivity index (χ1) is 18.2. The molecule has 0 unspecified atom stereocenters. The van der Waals surface area contributed by atoms with E-state index >= 15 is 0 Å². The first kappa shape index (κ1) is 28.8. The van der Waals surface area contributed by atoms with E-state index in [9.17, 15) is 24.3 Å². The molecule has 3 amide bonds. The fourth-order valence-corrected chi connectivity index (χ4v) is 4.55. The SMILES string of the molecule is C=CCc1cc(/C=C2\SC(=O)N(CC(=O)Nc3ccc(Cl)c(C(=O)OCCCC)c3)C2=O)cc(OC)c1O. The smallest absolute Gasteiger partial charge is 0.339 e. The molecule has 2 aromatic rings. The normalized spacial score (nSPS) is 14.1. The number of benzene rings is 2. The van der Waals surface area contributed by atoms with Gasteiger partial charge in [0.2, 0.25) is 5.91 Å². The van der Waals surface area contributed by atoms with Gasteiger partial charge in [0.15, 0.2) is 11.5 Å². The summed E-state index contributed by atoms with van der Waals surface area (Å²) in [4.78, 5) is 51.3. The number of halogens is 1.